The first-order valence-corrected chi connectivity index (χ1v) is 6.79. The van der Waals surface area contributed by atoms with Crippen LogP contribution in [0.2, 0.25) is 0 Å². The van der Waals surface area contributed by atoms with E-state index in [1.807, 2.05) is 24.3 Å². The monoisotopic (exact) mass is 268 g/mol. The summed E-state index contributed by atoms with van der Waals surface area (Å²) >= 11 is 0. The Morgan fingerprint density at radius 2 is 1.80 bits per heavy atom. The van der Waals surface area contributed by atoms with E-state index in [4.69, 9.17) is 22.3 Å². The van der Waals surface area contributed by atoms with Crippen molar-refractivity contribution in [3.63, 3.8) is 0 Å². The molecule has 6 N–H and O–H groups in total. The molecular weight excluding hydrogens is 248 g/mol. The molecule has 0 aliphatic rings. The summed E-state index contributed by atoms with van der Waals surface area (Å²) in [7, 11) is 0. The van der Waals surface area contributed by atoms with Gasteiger partial charge in [-0.2, -0.15) is 0 Å². The first kappa shape index (κ1) is 14.1. The summed E-state index contributed by atoms with van der Waals surface area (Å²) < 4.78 is 0. The zero-order chi connectivity index (χ0) is 14.7. The Balaban J connectivity index is 2.78. The van der Waals surface area contributed by atoms with Crippen LogP contribution in [0.3, 0.4) is 0 Å². The standard InChI is InChI=1S/C16H20N4/c1-2-3-5-11-9-8-10-6-4-7-12(15(17)18)13(10)14(11)16(19)20/h4,6-9H,2-3,5H2,1H3,(H3,17,18)(H3,19,20). The van der Waals surface area contributed by atoms with Crippen molar-refractivity contribution in [3.8, 4) is 0 Å². The molecule has 0 bridgehead atoms. The van der Waals surface area contributed by atoms with Crippen molar-refractivity contribution in [1.82, 2.24) is 0 Å². The quantitative estimate of drug-likeness (QED) is 0.495. The van der Waals surface area contributed by atoms with E-state index in [0.29, 0.717) is 5.56 Å². The molecule has 4 nitrogen and oxygen atoms in total. The molecule has 0 heterocycles. The van der Waals surface area contributed by atoms with Gasteiger partial charge in [-0.05, 0) is 23.8 Å². The number of amidine groups is 2. The largest absolute Gasteiger partial charge is 0.384 e. The highest BCUT2D eigenvalue weighted by molar-refractivity contribution is 6.17. The molecule has 0 fully saturated rings. The molecule has 0 aliphatic heterocycles. The van der Waals surface area contributed by atoms with Gasteiger partial charge in [-0.3, -0.25) is 10.8 Å². The molecule has 0 atom stereocenters. The average molecular weight is 268 g/mol. The molecule has 2 aromatic carbocycles. The molecule has 0 aromatic heterocycles. The molecule has 104 valence electrons. The molecule has 20 heavy (non-hydrogen) atoms. The lowest BCUT2D eigenvalue weighted by atomic mass is 9.92. The Kier molecular flexibility index (Phi) is 4.03. The van der Waals surface area contributed by atoms with Gasteiger partial charge in [0.1, 0.15) is 11.7 Å². The zero-order valence-corrected chi connectivity index (χ0v) is 11.7. The van der Waals surface area contributed by atoms with Gasteiger partial charge in [0.25, 0.3) is 0 Å². The molecule has 0 unspecified atom stereocenters. The minimum Gasteiger partial charge on any atom is -0.384 e. The third-order valence-electron chi connectivity index (χ3n) is 3.49. The first-order chi connectivity index (χ1) is 9.56. The van der Waals surface area contributed by atoms with E-state index in [-0.39, 0.29) is 11.7 Å². The minimum atomic E-state index is 0.00532. The maximum Gasteiger partial charge on any atom is 0.123 e. The molecule has 0 saturated carbocycles. The fraction of sp³-hybridized carbons (Fsp3) is 0.250. The number of hydrogen-bond acceptors (Lipinski definition) is 2. The van der Waals surface area contributed by atoms with Crippen molar-refractivity contribution < 1.29 is 0 Å². The summed E-state index contributed by atoms with van der Waals surface area (Å²) in [6, 6.07) is 9.67. The Morgan fingerprint density at radius 1 is 1.05 bits per heavy atom. The van der Waals surface area contributed by atoms with Crippen molar-refractivity contribution in [2.75, 3.05) is 0 Å². The van der Waals surface area contributed by atoms with Crippen LogP contribution in [0.15, 0.2) is 30.3 Å². The number of unbranched alkanes of at least 4 members (excludes halogenated alkanes) is 1. The Morgan fingerprint density at radius 3 is 2.40 bits per heavy atom. The van der Waals surface area contributed by atoms with Crippen LogP contribution in [-0.2, 0) is 6.42 Å². The van der Waals surface area contributed by atoms with Crippen molar-refractivity contribution in [2.24, 2.45) is 11.5 Å². The summed E-state index contributed by atoms with van der Waals surface area (Å²) in [6.45, 7) is 2.13. The summed E-state index contributed by atoms with van der Waals surface area (Å²) in [4.78, 5) is 0. The van der Waals surface area contributed by atoms with Crippen LogP contribution >= 0.6 is 0 Å². The third kappa shape index (κ3) is 2.50. The van der Waals surface area contributed by atoms with E-state index in [1.54, 1.807) is 6.07 Å². The van der Waals surface area contributed by atoms with Gasteiger partial charge in [-0.25, -0.2) is 0 Å². The van der Waals surface area contributed by atoms with E-state index in [9.17, 15) is 0 Å². The molecule has 0 saturated heterocycles. The lowest BCUT2D eigenvalue weighted by Gasteiger charge is -2.14. The molecule has 0 amide bonds. The van der Waals surface area contributed by atoms with Crippen LogP contribution in [-0.4, -0.2) is 11.7 Å². The van der Waals surface area contributed by atoms with E-state index in [2.05, 4.69) is 6.92 Å². The van der Waals surface area contributed by atoms with Crippen LogP contribution in [0, 0.1) is 10.8 Å². The number of nitrogens with two attached hydrogens (primary N) is 2. The number of rotatable bonds is 5. The summed E-state index contributed by atoms with van der Waals surface area (Å²) in [6.07, 6.45) is 3.02. The highest BCUT2D eigenvalue weighted by Gasteiger charge is 2.14. The fourth-order valence-corrected chi connectivity index (χ4v) is 2.53. The Labute approximate surface area is 118 Å². The fourth-order valence-electron chi connectivity index (χ4n) is 2.53. The number of nitrogens with one attached hydrogen (secondary N) is 2. The van der Waals surface area contributed by atoms with Crippen LogP contribution in [0.4, 0.5) is 0 Å². The van der Waals surface area contributed by atoms with Crippen LogP contribution in [0.25, 0.3) is 10.8 Å². The summed E-state index contributed by atoms with van der Waals surface area (Å²) in [5.41, 5.74) is 13.9. The van der Waals surface area contributed by atoms with Crippen molar-refractivity contribution in [1.29, 1.82) is 10.8 Å². The van der Waals surface area contributed by atoms with E-state index in [0.717, 1.165) is 41.2 Å². The maximum absolute atomic E-state index is 7.90. The number of fused-ring (bicyclic) bond motifs is 1. The van der Waals surface area contributed by atoms with Crippen LogP contribution in [0.1, 0.15) is 36.5 Å². The Bertz CT molecular complexity index is 673. The predicted molar refractivity (Wildman–Crippen MR) is 84.6 cm³/mol. The van der Waals surface area contributed by atoms with Gasteiger partial charge < -0.3 is 11.5 Å². The zero-order valence-electron chi connectivity index (χ0n) is 11.7. The number of hydrogen-bond donors (Lipinski definition) is 4. The van der Waals surface area contributed by atoms with Gasteiger partial charge in [-0.15, -0.1) is 0 Å². The second-order valence-electron chi connectivity index (χ2n) is 4.93. The maximum atomic E-state index is 7.90. The molecule has 2 aromatic rings. The van der Waals surface area contributed by atoms with Gasteiger partial charge >= 0.3 is 0 Å². The van der Waals surface area contributed by atoms with Gasteiger partial charge in [0.15, 0.2) is 0 Å². The lowest BCUT2D eigenvalue weighted by molar-refractivity contribution is 0.795. The average Bonchev–Trinajstić information content (AvgIpc) is 2.43. The topological polar surface area (TPSA) is 99.7 Å². The minimum absolute atomic E-state index is 0.00532. The van der Waals surface area contributed by atoms with Crippen LogP contribution in [0.5, 0.6) is 0 Å². The molecule has 0 radical (unpaired) electrons. The van der Waals surface area contributed by atoms with E-state index >= 15 is 0 Å². The second-order valence-corrected chi connectivity index (χ2v) is 4.93. The third-order valence-corrected chi connectivity index (χ3v) is 3.49. The smallest absolute Gasteiger partial charge is 0.123 e. The van der Waals surface area contributed by atoms with Crippen LogP contribution < -0.4 is 11.5 Å². The van der Waals surface area contributed by atoms with Gasteiger partial charge in [0.05, 0.1) is 0 Å². The normalized spacial score (nSPS) is 10.7. The van der Waals surface area contributed by atoms with Gasteiger partial charge in [0.2, 0.25) is 0 Å². The summed E-state index contributed by atoms with van der Waals surface area (Å²) in [5, 5.41) is 17.4. The van der Waals surface area contributed by atoms with E-state index in [1.165, 1.54) is 0 Å². The van der Waals surface area contributed by atoms with Gasteiger partial charge in [-0.1, -0.05) is 43.7 Å². The van der Waals surface area contributed by atoms with Crippen molar-refractivity contribution in [2.45, 2.75) is 26.2 Å². The molecule has 4 heteroatoms. The number of aryl methyl sites for hydroxylation is 1. The summed E-state index contributed by atoms with van der Waals surface area (Å²) in [5.74, 6) is 0.0427. The number of nitrogen functional groups attached to an aromatic ring is 2. The highest BCUT2D eigenvalue weighted by Crippen LogP contribution is 2.27. The van der Waals surface area contributed by atoms with E-state index < -0.39 is 0 Å². The first-order valence-electron chi connectivity index (χ1n) is 6.79. The predicted octanol–water partition coefficient (Wildman–Crippen LogP) is 2.75. The molecule has 2 rings (SSSR count). The lowest BCUT2D eigenvalue weighted by Crippen LogP contribution is -2.18. The number of benzene rings is 2. The molecule has 0 spiro atoms. The second kappa shape index (κ2) is 5.74. The highest BCUT2D eigenvalue weighted by atomic mass is 14.7. The van der Waals surface area contributed by atoms with Crippen molar-refractivity contribution >= 4 is 22.4 Å². The van der Waals surface area contributed by atoms with Gasteiger partial charge in [0, 0.05) is 16.5 Å². The SMILES string of the molecule is CCCCc1ccc2cccc(C(=N)N)c2c1C(=N)N. The van der Waals surface area contributed by atoms with Crippen molar-refractivity contribution in [3.05, 3.63) is 47.0 Å². The molecular formula is C16H20N4. The molecule has 0 aliphatic carbocycles. The Hall–Kier alpha value is -2.36.